The number of urea groups is 1. The van der Waals surface area contributed by atoms with Crippen molar-refractivity contribution in [2.45, 2.75) is 31.8 Å². The second kappa shape index (κ2) is 7.42. The molecule has 3 N–H and O–H groups in total. The van der Waals surface area contributed by atoms with Gasteiger partial charge in [0, 0.05) is 31.4 Å². The lowest BCUT2D eigenvalue weighted by atomic mass is 10.1. The van der Waals surface area contributed by atoms with Crippen molar-refractivity contribution in [1.29, 1.82) is 0 Å². The van der Waals surface area contributed by atoms with Crippen LogP contribution in [0.2, 0.25) is 0 Å². The number of rotatable bonds is 5. The van der Waals surface area contributed by atoms with E-state index in [1.54, 1.807) is 24.1 Å². The summed E-state index contributed by atoms with van der Waals surface area (Å²) in [6.07, 6.45) is 5.55. The van der Waals surface area contributed by atoms with Crippen LogP contribution in [0.4, 0.5) is 4.79 Å². The maximum Gasteiger partial charge on any atom is 0.315 e. The number of aliphatic hydroxyl groups excluding tert-OH is 1. The number of aliphatic hydroxyl groups is 1. The molecular formula is C14H25N5O2. The van der Waals surface area contributed by atoms with Crippen LogP contribution in [0.1, 0.15) is 31.4 Å². The van der Waals surface area contributed by atoms with Gasteiger partial charge in [0.05, 0.1) is 18.8 Å². The number of likely N-dealkylation sites (N-methyl/N-ethyl adjacent to an activating group) is 1. The lowest BCUT2D eigenvalue weighted by Gasteiger charge is -2.32. The highest BCUT2D eigenvalue weighted by Crippen LogP contribution is 2.12. The average molecular weight is 295 g/mol. The minimum atomic E-state index is -0.426. The molecule has 0 saturated carbocycles. The summed E-state index contributed by atoms with van der Waals surface area (Å²) in [6, 6.07) is -0.489. The largest absolute Gasteiger partial charge is 0.394 e. The Morgan fingerprint density at radius 1 is 1.62 bits per heavy atom. The van der Waals surface area contributed by atoms with Crippen molar-refractivity contribution in [2.24, 2.45) is 7.05 Å². The first kappa shape index (κ1) is 15.8. The summed E-state index contributed by atoms with van der Waals surface area (Å²) in [4.78, 5) is 14.4. The third kappa shape index (κ3) is 4.44. The minimum absolute atomic E-state index is 0.148. The van der Waals surface area contributed by atoms with Gasteiger partial charge in [-0.2, -0.15) is 5.10 Å². The predicted molar refractivity (Wildman–Crippen MR) is 79.8 cm³/mol. The van der Waals surface area contributed by atoms with Crippen LogP contribution in [-0.2, 0) is 7.05 Å². The second-order valence-corrected chi connectivity index (χ2v) is 5.53. The van der Waals surface area contributed by atoms with Gasteiger partial charge in [-0.25, -0.2) is 4.79 Å². The summed E-state index contributed by atoms with van der Waals surface area (Å²) in [5.41, 5.74) is 0.800. The topological polar surface area (TPSA) is 82.4 Å². The van der Waals surface area contributed by atoms with Crippen LogP contribution in [0.15, 0.2) is 12.4 Å². The van der Waals surface area contributed by atoms with E-state index >= 15 is 0 Å². The van der Waals surface area contributed by atoms with Crippen LogP contribution < -0.4 is 10.6 Å². The molecule has 118 valence electrons. The summed E-state index contributed by atoms with van der Waals surface area (Å²) in [5.74, 6) is 0. The summed E-state index contributed by atoms with van der Waals surface area (Å²) in [6.45, 7) is 4.98. The molecule has 1 aromatic rings. The molecular weight excluding hydrogens is 270 g/mol. The molecule has 0 spiro atoms. The number of hydrogen-bond acceptors (Lipinski definition) is 4. The van der Waals surface area contributed by atoms with E-state index in [-0.39, 0.29) is 18.7 Å². The average Bonchev–Trinajstić information content (AvgIpc) is 2.91. The standard InChI is InChI=1S/C14H25N5O2/c1-3-19-6-4-5-12(9-19)16-14(21)17-13(10-20)11-7-15-18(2)8-11/h7-8,12-13,20H,3-6,9-10H2,1-2H3,(H2,16,17,21). The van der Waals surface area contributed by atoms with Gasteiger partial charge in [-0.1, -0.05) is 6.92 Å². The fourth-order valence-electron chi connectivity index (χ4n) is 2.70. The number of aryl methyl sites for hydroxylation is 1. The van der Waals surface area contributed by atoms with Gasteiger partial charge in [-0.15, -0.1) is 0 Å². The number of hydrogen-bond donors (Lipinski definition) is 3. The highest BCUT2D eigenvalue weighted by atomic mass is 16.3. The number of amides is 2. The molecule has 21 heavy (non-hydrogen) atoms. The molecule has 2 rings (SSSR count). The van der Waals surface area contributed by atoms with E-state index < -0.39 is 6.04 Å². The second-order valence-electron chi connectivity index (χ2n) is 5.53. The van der Waals surface area contributed by atoms with Gasteiger partial charge >= 0.3 is 6.03 Å². The van der Waals surface area contributed by atoms with Gasteiger partial charge in [-0.05, 0) is 25.9 Å². The fraction of sp³-hybridized carbons (Fsp3) is 0.714. The number of carbonyl (C=O) groups is 1. The molecule has 0 radical (unpaired) electrons. The van der Waals surface area contributed by atoms with Crippen molar-refractivity contribution in [1.82, 2.24) is 25.3 Å². The molecule has 2 atom stereocenters. The molecule has 2 heterocycles. The van der Waals surface area contributed by atoms with E-state index in [0.29, 0.717) is 0 Å². The van der Waals surface area contributed by atoms with Crippen molar-refractivity contribution in [3.8, 4) is 0 Å². The number of likely N-dealkylation sites (tertiary alicyclic amines) is 1. The molecule has 0 aromatic carbocycles. The van der Waals surface area contributed by atoms with Gasteiger partial charge in [0.2, 0.25) is 0 Å². The smallest absolute Gasteiger partial charge is 0.315 e. The minimum Gasteiger partial charge on any atom is -0.394 e. The van der Waals surface area contributed by atoms with Crippen molar-refractivity contribution < 1.29 is 9.90 Å². The molecule has 0 aliphatic carbocycles. The zero-order chi connectivity index (χ0) is 15.2. The Morgan fingerprint density at radius 3 is 3.05 bits per heavy atom. The summed E-state index contributed by atoms with van der Waals surface area (Å²) >= 11 is 0. The lowest BCUT2D eigenvalue weighted by Crippen LogP contribution is -2.51. The molecule has 1 aliphatic heterocycles. The summed E-state index contributed by atoms with van der Waals surface area (Å²) < 4.78 is 1.65. The number of carbonyl (C=O) groups excluding carboxylic acids is 1. The molecule has 1 fully saturated rings. The van der Waals surface area contributed by atoms with Gasteiger partial charge < -0.3 is 20.6 Å². The van der Waals surface area contributed by atoms with Crippen molar-refractivity contribution in [3.63, 3.8) is 0 Å². The molecule has 1 aromatic heterocycles. The Balaban J connectivity index is 1.85. The Morgan fingerprint density at radius 2 is 2.43 bits per heavy atom. The van der Waals surface area contributed by atoms with E-state index in [1.165, 1.54) is 0 Å². The molecule has 1 aliphatic rings. The van der Waals surface area contributed by atoms with Gasteiger partial charge in [0.15, 0.2) is 0 Å². The quantitative estimate of drug-likeness (QED) is 0.726. The zero-order valence-electron chi connectivity index (χ0n) is 12.7. The number of piperidine rings is 1. The Kier molecular flexibility index (Phi) is 5.58. The molecule has 2 unspecified atom stereocenters. The van der Waals surface area contributed by atoms with Gasteiger partial charge in [-0.3, -0.25) is 4.68 Å². The maximum absolute atomic E-state index is 12.1. The molecule has 0 bridgehead atoms. The first-order valence-electron chi connectivity index (χ1n) is 7.51. The van der Waals surface area contributed by atoms with Gasteiger partial charge in [0.25, 0.3) is 0 Å². The first-order valence-corrected chi connectivity index (χ1v) is 7.51. The van der Waals surface area contributed by atoms with Crippen molar-refractivity contribution in [2.75, 3.05) is 26.2 Å². The Bertz CT molecular complexity index is 462. The monoisotopic (exact) mass is 295 g/mol. The SMILES string of the molecule is CCN1CCCC(NC(=O)NC(CO)c2cnn(C)c2)C1. The van der Waals surface area contributed by atoms with Crippen molar-refractivity contribution >= 4 is 6.03 Å². The maximum atomic E-state index is 12.1. The van der Waals surface area contributed by atoms with E-state index in [4.69, 9.17) is 0 Å². The normalized spacial score (nSPS) is 21.0. The van der Waals surface area contributed by atoms with Crippen LogP contribution in [-0.4, -0.2) is 58.1 Å². The first-order chi connectivity index (χ1) is 10.1. The molecule has 2 amide bonds. The van der Waals surface area contributed by atoms with E-state index in [2.05, 4.69) is 27.6 Å². The predicted octanol–water partition coefficient (Wildman–Crippen LogP) is 0.237. The highest BCUT2D eigenvalue weighted by molar-refractivity contribution is 5.74. The van der Waals surface area contributed by atoms with E-state index in [9.17, 15) is 9.90 Å². The lowest BCUT2D eigenvalue weighted by molar-refractivity contribution is 0.186. The Hall–Kier alpha value is -1.60. The molecule has 7 nitrogen and oxygen atoms in total. The third-order valence-corrected chi connectivity index (χ3v) is 3.90. The van der Waals surface area contributed by atoms with Crippen LogP contribution in [0.25, 0.3) is 0 Å². The van der Waals surface area contributed by atoms with Crippen LogP contribution in [0.5, 0.6) is 0 Å². The van der Waals surface area contributed by atoms with Crippen molar-refractivity contribution in [3.05, 3.63) is 18.0 Å². The van der Waals surface area contributed by atoms with Crippen LogP contribution in [0.3, 0.4) is 0 Å². The number of nitrogens with one attached hydrogen (secondary N) is 2. The number of nitrogens with zero attached hydrogens (tertiary/aromatic N) is 3. The number of aromatic nitrogens is 2. The van der Waals surface area contributed by atoms with Crippen LogP contribution in [0, 0.1) is 0 Å². The highest BCUT2D eigenvalue weighted by Gasteiger charge is 2.22. The Labute approximate surface area is 125 Å². The summed E-state index contributed by atoms with van der Waals surface area (Å²) in [7, 11) is 1.80. The fourth-order valence-corrected chi connectivity index (χ4v) is 2.70. The van der Waals surface area contributed by atoms with E-state index in [1.807, 2.05) is 0 Å². The van der Waals surface area contributed by atoms with Gasteiger partial charge in [0.1, 0.15) is 0 Å². The molecule has 1 saturated heterocycles. The molecule has 7 heteroatoms. The van der Waals surface area contributed by atoms with Crippen LogP contribution >= 0.6 is 0 Å². The zero-order valence-corrected chi connectivity index (χ0v) is 12.7. The summed E-state index contributed by atoms with van der Waals surface area (Å²) in [5, 5.41) is 19.3. The van der Waals surface area contributed by atoms with E-state index in [0.717, 1.165) is 38.0 Å². The third-order valence-electron chi connectivity index (χ3n) is 3.90.